The molecular weight excluding hydrogens is 240 g/mol. The van der Waals surface area contributed by atoms with Gasteiger partial charge in [0.05, 0.1) is 6.04 Å². The van der Waals surface area contributed by atoms with Crippen molar-refractivity contribution in [2.45, 2.75) is 38.3 Å². The van der Waals surface area contributed by atoms with Gasteiger partial charge in [0.15, 0.2) is 0 Å². The number of aromatic hydroxyl groups is 1. The third kappa shape index (κ3) is 3.70. The second-order valence-electron chi connectivity index (χ2n) is 5.18. The van der Waals surface area contributed by atoms with Gasteiger partial charge < -0.3 is 15.3 Å². The molecule has 1 aromatic rings. The van der Waals surface area contributed by atoms with Gasteiger partial charge in [0.2, 0.25) is 5.91 Å². The van der Waals surface area contributed by atoms with Crippen LogP contribution in [-0.2, 0) is 11.3 Å². The van der Waals surface area contributed by atoms with Crippen molar-refractivity contribution in [2.75, 3.05) is 13.6 Å². The van der Waals surface area contributed by atoms with Gasteiger partial charge in [0, 0.05) is 19.2 Å². The molecule has 2 N–H and O–H groups in total. The highest BCUT2D eigenvalue weighted by atomic mass is 16.3. The van der Waals surface area contributed by atoms with Crippen LogP contribution in [0.25, 0.3) is 0 Å². The second kappa shape index (κ2) is 6.57. The number of phenols is 1. The summed E-state index contributed by atoms with van der Waals surface area (Å²) >= 11 is 0. The molecule has 1 saturated heterocycles. The molecule has 2 rings (SSSR count). The number of hydrogen-bond donors (Lipinski definition) is 2. The van der Waals surface area contributed by atoms with E-state index in [1.54, 1.807) is 24.1 Å². The van der Waals surface area contributed by atoms with E-state index in [1.807, 2.05) is 12.1 Å². The van der Waals surface area contributed by atoms with E-state index in [-0.39, 0.29) is 17.7 Å². The van der Waals surface area contributed by atoms with Gasteiger partial charge in [-0.2, -0.15) is 0 Å². The first kappa shape index (κ1) is 13.9. The molecule has 104 valence electrons. The highest BCUT2D eigenvalue weighted by Gasteiger charge is 2.23. The monoisotopic (exact) mass is 262 g/mol. The zero-order chi connectivity index (χ0) is 13.7. The van der Waals surface area contributed by atoms with Crippen molar-refractivity contribution in [3.05, 3.63) is 29.8 Å². The summed E-state index contributed by atoms with van der Waals surface area (Å²) in [5.74, 6) is 0.362. The number of phenolic OH excluding ortho intramolecular Hbond substituents is 1. The predicted molar refractivity (Wildman–Crippen MR) is 74.8 cm³/mol. The van der Waals surface area contributed by atoms with Crippen molar-refractivity contribution in [2.24, 2.45) is 0 Å². The molecule has 0 aliphatic carbocycles. The van der Waals surface area contributed by atoms with Crippen LogP contribution < -0.4 is 5.32 Å². The van der Waals surface area contributed by atoms with Gasteiger partial charge in [-0.3, -0.25) is 4.79 Å². The number of benzene rings is 1. The molecule has 0 aromatic heterocycles. The van der Waals surface area contributed by atoms with Crippen LogP contribution in [0.2, 0.25) is 0 Å². The maximum atomic E-state index is 12.3. The standard InChI is InChI=1S/C15H22N2O2/c1-17(11-12-7-4-5-9-14(12)18)15(19)13-8-3-2-6-10-16-13/h4-5,7,9,13,16,18H,2-3,6,8,10-11H2,1H3. The van der Waals surface area contributed by atoms with Crippen molar-refractivity contribution < 1.29 is 9.90 Å². The third-order valence-electron chi connectivity index (χ3n) is 3.63. The first-order chi connectivity index (χ1) is 9.18. The number of para-hydroxylation sites is 1. The molecule has 4 nitrogen and oxygen atoms in total. The molecule has 0 saturated carbocycles. The normalized spacial score (nSPS) is 19.7. The van der Waals surface area contributed by atoms with E-state index >= 15 is 0 Å². The molecule has 1 atom stereocenters. The highest BCUT2D eigenvalue weighted by molar-refractivity contribution is 5.81. The van der Waals surface area contributed by atoms with Gasteiger partial charge in [-0.1, -0.05) is 31.0 Å². The molecule has 1 heterocycles. The molecule has 0 bridgehead atoms. The molecule has 19 heavy (non-hydrogen) atoms. The van der Waals surface area contributed by atoms with Crippen molar-refractivity contribution in [3.63, 3.8) is 0 Å². The average molecular weight is 262 g/mol. The van der Waals surface area contributed by atoms with E-state index in [9.17, 15) is 9.90 Å². The number of hydrogen-bond acceptors (Lipinski definition) is 3. The highest BCUT2D eigenvalue weighted by Crippen LogP contribution is 2.18. The van der Waals surface area contributed by atoms with Gasteiger partial charge in [-0.25, -0.2) is 0 Å². The first-order valence-electron chi connectivity index (χ1n) is 6.93. The summed E-state index contributed by atoms with van der Waals surface area (Å²) in [6.45, 7) is 1.37. The molecule has 1 amide bonds. The fourth-order valence-electron chi connectivity index (χ4n) is 2.48. The molecule has 1 aliphatic heterocycles. The lowest BCUT2D eigenvalue weighted by Gasteiger charge is -2.23. The summed E-state index contributed by atoms with van der Waals surface area (Å²) in [6, 6.07) is 7.08. The summed E-state index contributed by atoms with van der Waals surface area (Å²) < 4.78 is 0. The minimum absolute atomic E-state index is 0.0710. The Kier molecular flexibility index (Phi) is 4.80. The number of carbonyl (C=O) groups excluding carboxylic acids is 1. The van der Waals surface area contributed by atoms with Gasteiger partial charge in [-0.05, 0) is 25.5 Å². The van der Waals surface area contributed by atoms with E-state index in [0.717, 1.165) is 31.4 Å². The zero-order valence-corrected chi connectivity index (χ0v) is 11.4. The maximum absolute atomic E-state index is 12.3. The van der Waals surface area contributed by atoms with Crippen LogP contribution in [0.3, 0.4) is 0 Å². The molecule has 0 radical (unpaired) electrons. The van der Waals surface area contributed by atoms with Crippen molar-refractivity contribution in [3.8, 4) is 5.75 Å². The second-order valence-corrected chi connectivity index (χ2v) is 5.18. The molecular formula is C15H22N2O2. The van der Waals surface area contributed by atoms with Crippen molar-refractivity contribution >= 4 is 5.91 Å². The molecule has 1 unspecified atom stereocenters. The smallest absolute Gasteiger partial charge is 0.239 e. The molecule has 4 heteroatoms. The number of nitrogens with zero attached hydrogens (tertiary/aromatic N) is 1. The number of carbonyl (C=O) groups is 1. The summed E-state index contributed by atoms with van der Waals surface area (Å²) in [6.07, 6.45) is 4.35. The van der Waals surface area contributed by atoms with E-state index in [2.05, 4.69) is 5.32 Å². The largest absolute Gasteiger partial charge is 0.508 e. The predicted octanol–water partition coefficient (Wildman–Crippen LogP) is 1.88. The Morgan fingerprint density at radius 2 is 2.16 bits per heavy atom. The Morgan fingerprint density at radius 1 is 1.37 bits per heavy atom. The Bertz CT molecular complexity index is 426. The van der Waals surface area contributed by atoms with E-state index in [4.69, 9.17) is 0 Å². The molecule has 1 fully saturated rings. The van der Waals surface area contributed by atoms with Crippen molar-refractivity contribution in [1.29, 1.82) is 0 Å². The summed E-state index contributed by atoms with van der Waals surface area (Å²) in [4.78, 5) is 14.0. The molecule has 1 aromatic carbocycles. The first-order valence-corrected chi connectivity index (χ1v) is 6.93. The van der Waals surface area contributed by atoms with Gasteiger partial charge in [-0.15, -0.1) is 0 Å². The lowest BCUT2D eigenvalue weighted by atomic mass is 10.1. The van der Waals surface area contributed by atoms with Crippen LogP contribution in [0, 0.1) is 0 Å². The lowest BCUT2D eigenvalue weighted by Crippen LogP contribution is -2.44. The Morgan fingerprint density at radius 3 is 2.95 bits per heavy atom. The SMILES string of the molecule is CN(Cc1ccccc1O)C(=O)C1CCCCCN1. The average Bonchev–Trinajstić information content (AvgIpc) is 2.69. The van der Waals surface area contributed by atoms with E-state index in [1.165, 1.54) is 6.42 Å². The fourth-order valence-corrected chi connectivity index (χ4v) is 2.48. The number of amides is 1. The minimum atomic E-state index is -0.0710. The molecule has 1 aliphatic rings. The Balaban J connectivity index is 1.97. The van der Waals surface area contributed by atoms with Crippen LogP contribution in [0.5, 0.6) is 5.75 Å². The number of nitrogens with one attached hydrogen (secondary N) is 1. The van der Waals surface area contributed by atoms with Crippen LogP contribution >= 0.6 is 0 Å². The third-order valence-corrected chi connectivity index (χ3v) is 3.63. The van der Waals surface area contributed by atoms with Crippen LogP contribution in [0.1, 0.15) is 31.2 Å². The van der Waals surface area contributed by atoms with Gasteiger partial charge in [0.25, 0.3) is 0 Å². The Hall–Kier alpha value is -1.55. The summed E-state index contributed by atoms with van der Waals surface area (Å²) in [5.41, 5.74) is 0.784. The van der Waals surface area contributed by atoms with Crippen LogP contribution in [0.4, 0.5) is 0 Å². The van der Waals surface area contributed by atoms with E-state index < -0.39 is 0 Å². The van der Waals surface area contributed by atoms with Crippen LogP contribution in [-0.4, -0.2) is 35.5 Å². The summed E-state index contributed by atoms with van der Waals surface area (Å²) in [7, 11) is 1.79. The minimum Gasteiger partial charge on any atom is -0.508 e. The number of likely N-dealkylation sites (N-methyl/N-ethyl adjacent to an activating group) is 1. The fraction of sp³-hybridized carbons (Fsp3) is 0.533. The topological polar surface area (TPSA) is 52.6 Å². The quantitative estimate of drug-likeness (QED) is 0.874. The van der Waals surface area contributed by atoms with Crippen molar-refractivity contribution in [1.82, 2.24) is 10.2 Å². The lowest BCUT2D eigenvalue weighted by molar-refractivity contribution is -0.132. The summed E-state index contributed by atoms with van der Waals surface area (Å²) in [5, 5.41) is 13.1. The van der Waals surface area contributed by atoms with Crippen LogP contribution in [0.15, 0.2) is 24.3 Å². The zero-order valence-electron chi connectivity index (χ0n) is 11.4. The van der Waals surface area contributed by atoms with Gasteiger partial charge in [0.1, 0.15) is 5.75 Å². The molecule has 0 spiro atoms. The Labute approximate surface area is 114 Å². The van der Waals surface area contributed by atoms with E-state index in [0.29, 0.717) is 6.54 Å². The van der Waals surface area contributed by atoms with Gasteiger partial charge >= 0.3 is 0 Å². The maximum Gasteiger partial charge on any atom is 0.239 e. The number of rotatable bonds is 3.